The van der Waals surface area contributed by atoms with Crippen molar-refractivity contribution < 1.29 is 18.3 Å². The first-order valence-electron chi connectivity index (χ1n) is 23.8. The Morgan fingerprint density at radius 3 is 1.64 bits per heavy atom. The summed E-state index contributed by atoms with van der Waals surface area (Å²) in [5.41, 5.74) is 4.60. The number of benzene rings is 2. The van der Waals surface area contributed by atoms with Gasteiger partial charge in [0.2, 0.25) is 5.91 Å². The third kappa shape index (κ3) is 10.5. The fourth-order valence-corrected chi connectivity index (χ4v) is 12.8. The average molecular weight is 1040 g/mol. The second kappa shape index (κ2) is 21.2. The van der Waals surface area contributed by atoms with Crippen LogP contribution in [0.4, 0.5) is 0 Å². The van der Waals surface area contributed by atoms with Gasteiger partial charge in [-0.3, -0.25) is 18.7 Å². The highest BCUT2D eigenvalue weighted by molar-refractivity contribution is 7.91. The molecule has 384 valence electrons. The Hall–Kier alpha value is -7.47. The van der Waals surface area contributed by atoms with Crippen molar-refractivity contribution in [3.05, 3.63) is 134 Å². The van der Waals surface area contributed by atoms with Crippen molar-refractivity contribution in [1.82, 2.24) is 57.7 Å². The van der Waals surface area contributed by atoms with E-state index < -0.39 is 36.3 Å². The fourth-order valence-electron chi connectivity index (χ4n) is 9.19. The maximum Gasteiger partial charge on any atom is 0.237 e. The minimum atomic E-state index is -2.66. The van der Waals surface area contributed by atoms with Gasteiger partial charge >= 0.3 is 0 Å². The molecule has 8 heterocycles. The molecule has 10 rings (SSSR count). The van der Waals surface area contributed by atoms with E-state index in [0.717, 1.165) is 51.5 Å². The molecule has 4 unspecified atom stereocenters. The zero-order valence-electron chi connectivity index (χ0n) is 42.6. The Kier molecular flexibility index (Phi) is 15.1. The third-order valence-electron chi connectivity index (χ3n) is 13.3. The van der Waals surface area contributed by atoms with Crippen LogP contribution in [0.15, 0.2) is 131 Å². The fraction of sp³-hybridized carbons (Fsp3) is 0.365. The van der Waals surface area contributed by atoms with Crippen molar-refractivity contribution in [3.8, 4) is 34.7 Å². The number of aromatic amines is 1. The molecule has 0 saturated carbocycles. The topological polar surface area (TPSA) is 258 Å². The summed E-state index contributed by atoms with van der Waals surface area (Å²) in [5, 5.41) is 37.0. The summed E-state index contributed by atoms with van der Waals surface area (Å²) in [6.45, 7) is 11.1. The van der Waals surface area contributed by atoms with Crippen LogP contribution < -0.4 is 0 Å². The molecule has 74 heavy (non-hydrogen) atoms. The predicted molar refractivity (Wildman–Crippen MR) is 284 cm³/mol. The number of aliphatic hydroxyl groups is 1. The zero-order valence-corrected chi connectivity index (χ0v) is 44.3. The molecule has 0 amide bonds. The highest BCUT2D eigenvalue weighted by atomic mass is 32.2. The summed E-state index contributed by atoms with van der Waals surface area (Å²) in [4.78, 5) is 33.5. The molecule has 0 aliphatic carbocycles. The molecule has 4 atom stereocenters. The lowest BCUT2D eigenvalue weighted by atomic mass is 9.89. The van der Waals surface area contributed by atoms with Gasteiger partial charge in [0.1, 0.15) is 49.2 Å². The van der Waals surface area contributed by atoms with Crippen molar-refractivity contribution in [2.45, 2.75) is 70.6 Å². The van der Waals surface area contributed by atoms with Crippen LogP contribution in [-0.2, 0) is 30.9 Å². The van der Waals surface area contributed by atoms with E-state index in [2.05, 4.69) is 56.0 Å². The molecule has 2 fully saturated rings. The van der Waals surface area contributed by atoms with Gasteiger partial charge in [-0.25, -0.2) is 45.7 Å². The number of rotatable bonds is 12. The molecule has 2 aliphatic rings. The van der Waals surface area contributed by atoms with Crippen molar-refractivity contribution in [2.75, 3.05) is 45.8 Å². The van der Waals surface area contributed by atoms with Gasteiger partial charge < -0.3 is 10.1 Å². The number of nitrogens with zero attached hydrogens (tertiary/aromatic N) is 15. The zero-order chi connectivity index (χ0) is 53.1. The van der Waals surface area contributed by atoms with E-state index >= 15 is 0 Å². The SMILES string of the molecule is CC(N=S(C)(=O)N1CC(CC#N)(n2cc(-c3ncnc4[nH]ccc34)cn2)C1)c1ccccc1.CC(N=S(C)(=O)N1CC(CC#N)(n2cc(-c3ncnc4c3ccn4C(=O)C(C)(C)C)cn2)C1)c1ccccc1.CO. The molecule has 2 saturated heterocycles. The smallest absolute Gasteiger partial charge is 0.237 e. The average Bonchev–Trinajstić information content (AvgIpc) is 4.22. The first-order chi connectivity index (χ1) is 35.4. The number of hydrogen-bond acceptors (Lipinski definition) is 14. The molecule has 2 N–H and O–H groups in total. The summed E-state index contributed by atoms with van der Waals surface area (Å²) in [7, 11) is -4.26. The summed E-state index contributed by atoms with van der Waals surface area (Å²) in [6.07, 6.45) is 17.5. The third-order valence-corrected chi connectivity index (χ3v) is 17.2. The van der Waals surface area contributed by atoms with Crippen LogP contribution in [0.2, 0.25) is 0 Å². The Labute approximate surface area is 431 Å². The van der Waals surface area contributed by atoms with Crippen LogP contribution in [0.25, 0.3) is 44.6 Å². The molecule has 2 aromatic carbocycles. The first kappa shape index (κ1) is 52.8. The lowest BCUT2D eigenvalue weighted by Crippen LogP contribution is -2.63. The number of fused-ring (bicyclic) bond motifs is 2. The molecule has 2 aliphatic heterocycles. The highest BCUT2D eigenvalue weighted by Crippen LogP contribution is 2.39. The number of hydrogen-bond donors (Lipinski definition) is 2. The van der Waals surface area contributed by atoms with E-state index in [9.17, 15) is 23.7 Å². The van der Waals surface area contributed by atoms with E-state index in [0.29, 0.717) is 37.5 Å². The van der Waals surface area contributed by atoms with E-state index in [4.69, 9.17) is 5.11 Å². The first-order valence-corrected chi connectivity index (χ1v) is 27.6. The maximum atomic E-state index is 13.6. The second-order valence-electron chi connectivity index (χ2n) is 19.6. The summed E-state index contributed by atoms with van der Waals surface area (Å²) >= 11 is 0. The molecule has 8 aromatic rings. The van der Waals surface area contributed by atoms with Crippen molar-refractivity contribution >= 4 is 47.8 Å². The second-order valence-corrected chi connectivity index (χ2v) is 24.1. The van der Waals surface area contributed by atoms with E-state index in [1.807, 2.05) is 139 Å². The number of H-pyrrole nitrogens is 1. The highest BCUT2D eigenvalue weighted by Gasteiger charge is 2.50. The molecular formula is C52H60N16O4S2. The lowest BCUT2D eigenvalue weighted by molar-refractivity contribution is 0.0752. The van der Waals surface area contributed by atoms with Crippen molar-refractivity contribution in [1.29, 1.82) is 10.5 Å². The van der Waals surface area contributed by atoms with Gasteiger partial charge in [-0.2, -0.15) is 20.7 Å². The van der Waals surface area contributed by atoms with Crippen LogP contribution in [0.3, 0.4) is 0 Å². The molecule has 0 radical (unpaired) electrons. The summed E-state index contributed by atoms with van der Waals surface area (Å²) in [6, 6.07) is 27.5. The van der Waals surface area contributed by atoms with Crippen molar-refractivity contribution in [2.24, 2.45) is 14.1 Å². The van der Waals surface area contributed by atoms with Gasteiger partial charge in [-0.15, -0.1) is 0 Å². The predicted octanol–water partition coefficient (Wildman–Crippen LogP) is 7.81. The van der Waals surface area contributed by atoms with E-state index in [1.165, 1.54) is 12.7 Å². The van der Waals surface area contributed by atoms with Gasteiger partial charge in [0.15, 0.2) is 5.65 Å². The molecule has 0 bridgehead atoms. The van der Waals surface area contributed by atoms with Gasteiger partial charge in [0.25, 0.3) is 0 Å². The van der Waals surface area contributed by atoms with E-state index in [1.54, 1.807) is 40.4 Å². The largest absolute Gasteiger partial charge is 0.400 e. The van der Waals surface area contributed by atoms with E-state index in [-0.39, 0.29) is 30.8 Å². The number of carbonyl (C=O) groups is 1. The monoisotopic (exact) mass is 1040 g/mol. The Morgan fingerprint density at radius 2 is 1.18 bits per heavy atom. The Bertz CT molecular complexity index is 3630. The summed E-state index contributed by atoms with van der Waals surface area (Å²) < 4.78 is 45.1. The number of aliphatic hydroxyl groups excluding tert-OH is 1. The van der Waals surface area contributed by atoms with Crippen LogP contribution >= 0.6 is 0 Å². The minimum absolute atomic E-state index is 0.0597. The Morgan fingerprint density at radius 1 is 0.716 bits per heavy atom. The number of nitrogens with one attached hydrogen (secondary N) is 1. The van der Waals surface area contributed by atoms with Gasteiger partial charge in [0, 0.05) is 97.9 Å². The molecule has 0 spiro atoms. The standard InChI is InChI=1S/C28H32N8O2S.C23H24N8OS.CH4O/c1-20(21-9-7-6-8-10-21)33-39(5,38)34-17-28(18-34,12-13-29)36-16-22(15-32-36)24-23-11-14-35(25(23)31-19-30-24)26(37)27(2,3)4;1-17(18-6-4-3-5-7-18)29-33(2,32)30-14-23(15-30,9-10-24)31-13-19(12-28-31)21-20-8-11-25-22(20)27-16-26-21;1-2/h6-11,14-16,19-20H,12,17-18H2,1-5H3;3-8,11-13,16-17H,9,14-15H2,1-2H3,(H,25,26,27);2H,1H3. The van der Waals surface area contributed by atoms with Crippen molar-refractivity contribution in [3.63, 3.8) is 0 Å². The van der Waals surface area contributed by atoms with Crippen LogP contribution in [-0.4, -0.2) is 123 Å². The van der Waals surface area contributed by atoms with Gasteiger partial charge in [-0.05, 0) is 37.1 Å². The summed E-state index contributed by atoms with van der Waals surface area (Å²) in [5.74, 6) is -0.0597. The molecule has 20 nitrogen and oxygen atoms in total. The molecule has 6 aromatic heterocycles. The quantitative estimate of drug-likeness (QED) is 0.119. The number of carbonyl (C=O) groups excluding carboxylic acids is 1. The normalized spacial score (nSPS) is 17.5. The van der Waals surface area contributed by atoms with Gasteiger partial charge in [-0.1, -0.05) is 81.4 Å². The number of nitriles is 2. The van der Waals surface area contributed by atoms with Crippen LogP contribution in [0.1, 0.15) is 75.5 Å². The van der Waals surface area contributed by atoms with Gasteiger partial charge in [0.05, 0.1) is 60.8 Å². The molecular weight excluding hydrogens is 977 g/mol. The minimum Gasteiger partial charge on any atom is -0.400 e. The Balaban J connectivity index is 0.000000193. The van der Waals surface area contributed by atoms with Crippen LogP contribution in [0, 0.1) is 28.1 Å². The molecule has 22 heteroatoms. The number of aromatic nitrogens is 10. The maximum absolute atomic E-state index is 13.6. The lowest BCUT2D eigenvalue weighted by Gasteiger charge is -2.48. The van der Waals surface area contributed by atoms with Crippen LogP contribution in [0.5, 0.6) is 0 Å².